The van der Waals surface area contributed by atoms with Crippen LogP contribution in [-0.4, -0.2) is 47.9 Å². The Kier molecular flexibility index (Phi) is 5.89. The summed E-state index contributed by atoms with van der Waals surface area (Å²) >= 11 is 0.104. The molecule has 140 valence electrons. The number of hydrogen-bond donors (Lipinski definition) is 0. The number of nitrogens with zero attached hydrogens (tertiary/aromatic N) is 1. The molecule has 0 unspecified atom stereocenters. The van der Waals surface area contributed by atoms with E-state index in [0.29, 0.717) is 17.2 Å². The zero-order valence-corrected chi connectivity index (χ0v) is 17.5. The van der Waals surface area contributed by atoms with Gasteiger partial charge in [-0.3, -0.25) is 0 Å². The van der Waals surface area contributed by atoms with Crippen molar-refractivity contribution in [2.24, 2.45) is 0 Å². The Bertz CT molecular complexity index is 922. The summed E-state index contributed by atoms with van der Waals surface area (Å²) in [7, 11) is 6.45. The molecule has 0 aliphatic carbocycles. The van der Waals surface area contributed by atoms with Gasteiger partial charge in [-0.2, -0.15) is 0 Å². The number of ether oxygens (including phenoxy) is 4. The fraction of sp³-hybridized carbons (Fsp3) is 0.190. The Morgan fingerprint density at radius 2 is 1.52 bits per heavy atom. The van der Waals surface area contributed by atoms with Crippen molar-refractivity contribution in [3.8, 4) is 34.3 Å². The molecule has 5 nitrogen and oxygen atoms in total. The third-order valence-electron chi connectivity index (χ3n) is 4.16. The van der Waals surface area contributed by atoms with Gasteiger partial charge in [-0.1, -0.05) is 0 Å². The molecule has 27 heavy (non-hydrogen) atoms. The Morgan fingerprint density at radius 1 is 0.889 bits per heavy atom. The third kappa shape index (κ3) is 3.87. The Balaban J connectivity index is 1.93. The van der Waals surface area contributed by atoms with E-state index in [2.05, 4.69) is 11.5 Å². The van der Waals surface area contributed by atoms with E-state index in [0.717, 1.165) is 32.7 Å². The average molecular weight is 430 g/mol. The first-order valence-corrected chi connectivity index (χ1v) is 10.1. The molecule has 3 aromatic rings. The summed E-state index contributed by atoms with van der Waals surface area (Å²) in [6.07, 6.45) is 0. The fourth-order valence-corrected chi connectivity index (χ4v) is 4.41. The first-order valence-electron chi connectivity index (χ1n) is 8.20. The van der Waals surface area contributed by atoms with Gasteiger partial charge in [-0.05, 0) is 0 Å². The number of aromatic nitrogens is 1. The molecule has 0 amide bonds. The maximum absolute atomic E-state index is 5.44. The summed E-state index contributed by atoms with van der Waals surface area (Å²) in [6.45, 7) is 4.25. The van der Waals surface area contributed by atoms with Crippen molar-refractivity contribution in [1.82, 2.24) is 4.98 Å². The number of rotatable bonds is 7. The second-order valence-corrected chi connectivity index (χ2v) is 7.46. The quantitative estimate of drug-likeness (QED) is 0.533. The van der Waals surface area contributed by atoms with Gasteiger partial charge in [0.2, 0.25) is 0 Å². The average Bonchev–Trinajstić information content (AvgIpc) is 3.22. The summed E-state index contributed by atoms with van der Waals surface area (Å²) in [5.41, 5.74) is 3.77. The van der Waals surface area contributed by atoms with Gasteiger partial charge in [0.05, 0.1) is 0 Å². The predicted octanol–water partition coefficient (Wildman–Crippen LogP) is 3.90. The number of benzene rings is 2. The number of methoxy groups -OCH3 is 4. The van der Waals surface area contributed by atoms with Gasteiger partial charge in [0, 0.05) is 0 Å². The van der Waals surface area contributed by atoms with Crippen LogP contribution < -0.4 is 18.9 Å². The van der Waals surface area contributed by atoms with Crippen LogP contribution in [0, 0.1) is 0 Å². The monoisotopic (exact) mass is 431 g/mol. The number of hydrogen-bond acceptors (Lipinski definition) is 5. The van der Waals surface area contributed by atoms with E-state index < -0.39 is 0 Å². The van der Waals surface area contributed by atoms with Crippen LogP contribution in [0.5, 0.6) is 23.0 Å². The summed E-state index contributed by atoms with van der Waals surface area (Å²) in [5, 5.41) is 0. The van der Waals surface area contributed by atoms with E-state index in [9.17, 15) is 0 Å². The van der Waals surface area contributed by atoms with E-state index in [1.54, 1.807) is 28.4 Å². The van der Waals surface area contributed by atoms with Gasteiger partial charge in [0.25, 0.3) is 0 Å². The van der Waals surface area contributed by atoms with Gasteiger partial charge in [-0.25, -0.2) is 0 Å². The fourth-order valence-electron chi connectivity index (χ4n) is 2.69. The molecule has 6 heteroatoms. The Morgan fingerprint density at radius 3 is 2.04 bits per heavy atom. The molecule has 0 fully saturated rings. The van der Waals surface area contributed by atoms with Gasteiger partial charge in [-0.15, -0.1) is 0 Å². The van der Waals surface area contributed by atoms with Crippen molar-refractivity contribution in [1.29, 1.82) is 0 Å². The first-order chi connectivity index (χ1) is 13.1. The van der Waals surface area contributed by atoms with Gasteiger partial charge >= 0.3 is 165 Å². The summed E-state index contributed by atoms with van der Waals surface area (Å²) < 4.78 is 22.4. The molecule has 0 aliphatic heterocycles. The second kappa shape index (κ2) is 8.33. The van der Waals surface area contributed by atoms with Crippen LogP contribution in [0.4, 0.5) is 0 Å². The second-order valence-electron chi connectivity index (χ2n) is 5.66. The van der Waals surface area contributed by atoms with Gasteiger partial charge < -0.3 is 0 Å². The van der Waals surface area contributed by atoms with Crippen LogP contribution in [-0.2, 0) is 0 Å². The van der Waals surface area contributed by atoms with E-state index in [1.807, 2.05) is 36.4 Å². The van der Waals surface area contributed by atoms with Crippen molar-refractivity contribution in [3.63, 3.8) is 0 Å². The third-order valence-corrected chi connectivity index (χ3v) is 6.05. The summed E-state index contributed by atoms with van der Waals surface area (Å²) in [6, 6.07) is 11.7. The van der Waals surface area contributed by atoms with Gasteiger partial charge in [0.15, 0.2) is 0 Å². The van der Waals surface area contributed by atoms with Crippen LogP contribution in [0.1, 0.15) is 10.1 Å². The Labute approximate surface area is 164 Å². The first kappa shape index (κ1) is 19.1. The van der Waals surface area contributed by atoms with Crippen LogP contribution in [0.15, 0.2) is 47.9 Å². The molecule has 0 saturated carbocycles. The zero-order chi connectivity index (χ0) is 19.4. The summed E-state index contributed by atoms with van der Waals surface area (Å²) in [5.74, 6) is 2.59. The minimum absolute atomic E-state index is 0.104. The minimum atomic E-state index is 0.104. The van der Waals surface area contributed by atoms with Crippen molar-refractivity contribution in [3.05, 3.63) is 58.0 Å². The summed E-state index contributed by atoms with van der Waals surface area (Å²) in [4.78, 5) is 6.96. The standard InChI is InChI=1S/C21H21NO4Se/c1-13(15-10-18(24-3)20(26-5)19(11-15)25-4)21-22-17(12-27-21)14-6-8-16(23-2)9-7-14/h6-12H,1H2,2-5H3. The van der Waals surface area contributed by atoms with Crippen molar-refractivity contribution < 1.29 is 18.9 Å². The Hall–Kier alpha value is -2.69. The van der Waals surface area contributed by atoms with Crippen molar-refractivity contribution in [2.75, 3.05) is 28.4 Å². The van der Waals surface area contributed by atoms with Crippen molar-refractivity contribution in [2.45, 2.75) is 0 Å². The maximum atomic E-state index is 5.44. The molecular weight excluding hydrogens is 409 g/mol. The molecule has 0 radical (unpaired) electrons. The molecule has 0 atom stereocenters. The molecule has 1 aromatic heterocycles. The molecule has 0 saturated heterocycles. The van der Waals surface area contributed by atoms with Crippen LogP contribution in [0.2, 0.25) is 0 Å². The van der Waals surface area contributed by atoms with Crippen molar-refractivity contribution >= 4 is 20.1 Å². The van der Waals surface area contributed by atoms with Crippen LogP contribution in [0.3, 0.4) is 0 Å². The van der Waals surface area contributed by atoms with Crippen LogP contribution >= 0.6 is 0 Å². The molecule has 2 aromatic carbocycles. The topological polar surface area (TPSA) is 49.8 Å². The van der Waals surface area contributed by atoms with E-state index in [-0.39, 0.29) is 14.5 Å². The van der Waals surface area contributed by atoms with E-state index in [1.165, 1.54) is 0 Å². The molecule has 0 spiro atoms. The van der Waals surface area contributed by atoms with E-state index >= 15 is 0 Å². The van der Waals surface area contributed by atoms with Gasteiger partial charge in [0.1, 0.15) is 0 Å². The van der Waals surface area contributed by atoms with E-state index in [4.69, 9.17) is 23.9 Å². The molecule has 1 heterocycles. The molecule has 3 rings (SSSR count). The molecule has 0 aliphatic rings. The normalized spacial score (nSPS) is 10.4. The SMILES string of the molecule is C=C(c1cc(OC)c(OC)c(OC)c1)c1nc(-c2ccc(OC)cc2)c[se]1. The predicted molar refractivity (Wildman–Crippen MR) is 107 cm³/mol. The molecule has 0 N–H and O–H groups in total. The van der Waals surface area contributed by atoms with Crippen LogP contribution in [0.25, 0.3) is 16.8 Å². The molecular formula is C21H21NO4Se. The zero-order valence-electron chi connectivity index (χ0n) is 15.7. The molecule has 0 bridgehead atoms.